The summed E-state index contributed by atoms with van der Waals surface area (Å²) in [5, 5.41) is 5.09. The van der Waals surface area contributed by atoms with E-state index < -0.39 is 0 Å². The number of hydrogen-bond donors (Lipinski definition) is 1. The Labute approximate surface area is 208 Å². The predicted molar refractivity (Wildman–Crippen MR) is 141 cm³/mol. The average molecular weight is 481 g/mol. The van der Waals surface area contributed by atoms with E-state index in [9.17, 15) is 4.79 Å². The molecule has 0 amide bonds. The van der Waals surface area contributed by atoms with Crippen molar-refractivity contribution in [2.75, 3.05) is 13.1 Å². The van der Waals surface area contributed by atoms with E-state index >= 15 is 0 Å². The van der Waals surface area contributed by atoms with Gasteiger partial charge >= 0.3 is 0 Å². The molecule has 1 unspecified atom stereocenters. The van der Waals surface area contributed by atoms with E-state index in [-0.39, 0.29) is 11.4 Å². The minimum absolute atomic E-state index is 0.0279. The topological polar surface area (TPSA) is 43.3 Å². The van der Waals surface area contributed by atoms with Crippen LogP contribution < -0.4 is 5.32 Å². The van der Waals surface area contributed by atoms with Crippen LogP contribution in [0.3, 0.4) is 0 Å². The fourth-order valence-corrected chi connectivity index (χ4v) is 5.74. The van der Waals surface area contributed by atoms with Crippen LogP contribution in [0.2, 0.25) is 5.02 Å². The molecule has 2 aliphatic heterocycles. The molecule has 3 heterocycles. The molecule has 3 aromatic rings. The SMILES string of the molecule is CC(=O)c1cn(CC2CCNC2)c2cc(Cl)ccc12.CCCC1(CCC)OCc2ccccc21. The molecular weight excluding hydrogens is 444 g/mol. The second-order valence-corrected chi connectivity index (χ2v) is 10.1. The molecule has 0 aliphatic carbocycles. The summed E-state index contributed by atoms with van der Waals surface area (Å²) in [5.74, 6) is 0.741. The zero-order valence-corrected chi connectivity index (χ0v) is 21.5. The third kappa shape index (κ3) is 5.25. The van der Waals surface area contributed by atoms with Gasteiger partial charge in [-0.25, -0.2) is 0 Å². The molecule has 5 heteroatoms. The Balaban J connectivity index is 0.000000166. The van der Waals surface area contributed by atoms with Gasteiger partial charge in [-0.05, 0) is 68.5 Å². The zero-order chi connectivity index (χ0) is 24.1. The Morgan fingerprint density at radius 1 is 1.18 bits per heavy atom. The first-order valence-electron chi connectivity index (χ1n) is 12.7. The van der Waals surface area contributed by atoms with Gasteiger partial charge in [0, 0.05) is 28.7 Å². The van der Waals surface area contributed by atoms with Crippen LogP contribution in [0.5, 0.6) is 0 Å². The van der Waals surface area contributed by atoms with Crippen LogP contribution in [-0.4, -0.2) is 23.4 Å². The highest BCUT2D eigenvalue weighted by Crippen LogP contribution is 2.43. The van der Waals surface area contributed by atoms with Crippen LogP contribution in [0, 0.1) is 5.92 Å². The van der Waals surface area contributed by atoms with E-state index in [1.54, 1.807) is 6.92 Å². The predicted octanol–water partition coefficient (Wildman–Crippen LogP) is 7.12. The first-order valence-corrected chi connectivity index (χ1v) is 13.1. The van der Waals surface area contributed by atoms with Crippen LogP contribution in [0.25, 0.3) is 10.9 Å². The van der Waals surface area contributed by atoms with Gasteiger partial charge in [-0.2, -0.15) is 0 Å². The summed E-state index contributed by atoms with van der Waals surface area (Å²) in [7, 11) is 0. The summed E-state index contributed by atoms with van der Waals surface area (Å²) in [5.41, 5.74) is 4.70. The summed E-state index contributed by atoms with van der Waals surface area (Å²) in [6, 6.07) is 14.4. The molecule has 182 valence electrons. The van der Waals surface area contributed by atoms with Gasteiger partial charge < -0.3 is 14.6 Å². The number of fused-ring (bicyclic) bond motifs is 2. The van der Waals surface area contributed by atoms with Crippen molar-refractivity contribution >= 4 is 28.3 Å². The molecule has 1 aromatic heterocycles. The van der Waals surface area contributed by atoms with Crippen LogP contribution in [0.4, 0.5) is 0 Å². The van der Waals surface area contributed by atoms with Gasteiger partial charge in [-0.15, -0.1) is 0 Å². The zero-order valence-electron chi connectivity index (χ0n) is 20.7. The lowest BCUT2D eigenvalue weighted by atomic mass is 9.85. The van der Waals surface area contributed by atoms with Crippen molar-refractivity contribution in [3.63, 3.8) is 0 Å². The number of hydrogen-bond acceptors (Lipinski definition) is 3. The van der Waals surface area contributed by atoms with Crippen molar-refractivity contribution in [1.29, 1.82) is 0 Å². The largest absolute Gasteiger partial charge is 0.366 e. The van der Waals surface area contributed by atoms with Gasteiger partial charge in [-0.3, -0.25) is 4.79 Å². The number of rotatable bonds is 7. The molecule has 5 rings (SSSR count). The second kappa shape index (κ2) is 11.1. The quantitative estimate of drug-likeness (QED) is 0.366. The maximum Gasteiger partial charge on any atom is 0.161 e. The number of Topliss-reactive ketones (excluding diaryl/α,β-unsaturated/α-hetero) is 1. The fourth-order valence-electron chi connectivity index (χ4n) is 5.58. The summed E-state index contributed by atoms with van der Waals surface area (Å²) in [6.45, 7) is 9.97. The molecule has 2 aliphatic rings. The highest BCUT2D eigenvalue weighted by molar-refractivity contribution is 6.31. The summed E-state index contributed by atoms with van der Waals surface area (Å²) < 4.78 is 8.27. The monoisotopic (exact) mass is 480 g/mol. The minimum atomic E-state index is 0.0279. The van der Waals surface area contributed by atoms with Gasteiger partial charge in [0.2, 0.25) is 0 Å². The van der Waals surface area contributed by atoms with Crippen molar-refractivity contribution in [3.05, 3.63) is 70.4 Å². The number of ketones is 1. The average Bonchev–Trinajstić information content (AvgIpc) is 3.55. The molecule has 0 spiro atoms. The lowest BCUT2D eigenvalue weighted by Crippen LogP contribution is -2.24. The molecule has 34 heavy (non-hydrogen) atoms. The molecular formula is C29H37ClN2O2. The van der Waals surface area contributed by atoms with E-state index in [1.165, 1.54) is 30.4 Å². The Bertz CT molecular complexity index is 1120. The molecule has 0 bridgehead atoms. The van der Waals surface area contributed by atoms with Gasteiger partial charge in [0.05, 0.1) is 17.7 Å². The molecule has 1 fully saturated rings. The van der Waals surface area contributed by atoms with Crippen LogP contribution in [-0.2, 0) is 23.5 Å². The number of nitrogens with one attached hydrogen (secondary N) is 1. The van der Waals surface area contributed by atoms with E-state index in [0.717, 1.165) is 55.5 Å². The number of ether oxygens (including phenoxy) is 1. The Kier molecular flexibility index (Phi) is 8.13. The molecule has 0 radical (unpaired) electrons. The van der Waals surface area contributed by atoms with Crippen LogP contribution >= 0.6 is 11.6 Å². The number of carbonyl (C=O) groups is 1. The number of aromatic nitrogens is 1. The van der Waals surface area contributed by atoms with Crippen molar-refractivity contribution in [2.24, 2.45) is 5.92 Å². The standard InChI is InChI=1S/C15H17ClN2O.C14H20O/c1-10(19)14-9-18(8-11-4-5-17-7-11)15-6-12(16)2-3-13(14)15;1-3-9-14(10-4-2)13-8-6-5-7-12(13)11-15-14/h2-3,6,9,11,17H,4-5,7-8H2,1H3;5-8H,3-4,9-11H2,1-2H3. The lowest BCUT2D eigenvalue weighted by molar-refractivity contribution is -0.0518. The Hall–Kier alpha value is -2.14. The lowest BCUT2D eigenvalue weighted by Gasteiger charge is -2.29. The summed E-state index contributed by atoms with van der Waals surface area (Å²) in [6.07, 6.45) is 7.84. The van der Waals surface area contributed by atoms with Gasteiger partial charge in [0.25, 0.3) is 0 Å². The molecule has 1 N–H and O–H groups in total. The first kappa shape index (κ1) is 25.0. The van der Waals surface area contributed by atoms with Gasteiger partial charge in [-0.1, -0.05) is 68.6 Å². The van der Waals surface area contributed by atoms with Crippen molar-refractivity contribution < 1.29 is 9.53 Å². The fraction of sp³-hybridized carbons (Fsp3) is 0.483. The highest BCUT2D eigenvalue weighted by atomic mass is 35.5. The van der Waals surface area contributed by atoms with E-state index in [4.69, 9.17) is 16.3 Å². The summed E-state index contributed by atoms with van der Waals surface area (Å²) >= 11 is 6.09. The molecule has 1 atom stereocenters. The molecule has 0 saturated carbocycles. The van der Waals surface area contributed by atoms with Crippen molar-refractivity contribution in [3.8, 4) is 0 Å². The maximum absolute atomic E-state index is 11.7. The first-order chi connectivity index (χ1) is 16.5. The third-order valence-electron chi connectivity index (χ3n) is 7.16. The second-order valence-electron chi connectivity index (χ2n) is 9.71. The van der Waals surface area contributed by atoms with Crippen LogP contribution in [0.15, 0.2) is 48.7 Å². The highest BCUT2D eigenvalue weighted by Gasteiger charge is 2.37. The number of halogens is 1. The van der Waals surface area contributed by atoms with E-state index in [1.807, 2.05) is 24.4 Å². The van der Waals surface area contributed by atoms with Gasteiger partial charge in [0.1, 0.15) is 0 Å². The number of nitrogens with zero attached hydrogens (tertiary/aromatic N) is 1. The number of benzene rings is 2. The molecule has 4 nitrogen and oxygen atoms in total. The Morgan fingerprint density at radius 3 is 2.62 bits per heavy atom. The molecule has 1 saturated heterocycles. The van der Waals surface area contributed by atoms with Crippen molar-refractivity contribution in [2.45, 2.75) is 71.6 Å². The van der Waals surface area contributed by atoms with Gasteiger partial charge in [0.15, 0.2) is 5.78 Å². The Morgan fingerprint density at radius 2 is 1.94 bits per heavy atom. The van der Waals surface area contributed by atoms with E-state index in [0.29, 0.717) is 10.9 Å². The molecule has 2 aromatic carbocycles. The third-order valence-corrected chi connectivity index (χ3v) is 7.40. The smallest absolute Gasteiger partial charge is 0.161 e. The number of carbonyl (C=O) groups excluding carboxylic acids is 1. The van der Waals surface area contributed by atoms with E-state index in [2.05, 4.69) is 48.0 Å². The van der Waals surface area contributed by atoms with Crippen molar-refractivity contribution in [1.82, 2.24) is 9.88 Å². The normalized spacial score (nSPS) is 18.5. The van der Waals surface area contributed by atoms with Crippen LogP contribution in [0.1, 0.15) is 74.4 Å². The summed E-state index contributed by atoms with van der Waals surface area (Å²) in [4.78, 5) is 11.7. The minimum Gasteiger partial charge on any atom is -0.366 e. The maximum atomic E-state index is 11.7.